The zero-order valence-electron chi connectivity index (χ0n) is 10.7. The Hall–Kier alpha value is -1.69. The number of aromatic amines is 1. The Morgan fingerprint density at radius 1 is 1.26 bits per heavy atom. The summed E-state index contributed by atoms with van der Waals surface area (Å²) in [6.07, 6.45) is -2.07. The van der Waals surface area contributed by atoms with Gasteiger partial charge in [-0.1, -0.05) is 0 Å². The second-order valence-corrected chi connectivity index (χ2v) is 4.62. The van der Waals surface area contributed by atoms with Crippen LogP contribution in [0.1, 0.15) is 5.56 Å². The summed E-state index contributed by atoms with van der Waals surface area (Å²) in [5.41, 5.74) is 1.79. The molecule has 1 aromatic carbocycles. The fourth-order valence-electron chi connectivity index (χ4n) is 1.91. The normalized spacial score (nSPS) is 12.3. The second-order valence-electron chi connectivity index (χ2n) is 4.62. The number of nitrogens with zero attached hydrogens (tertiary/aromatic N) is 1. The number of fused-ring (bicyclic) bond motifs is 1. The van der Waals surface area contributed by atoms with Gasteiger partial charge in [0.05, 0.1) is 0 Å². The van der Waals surface area contributed by atoms with Gasteiger partial charge in [-0.25, -0.2) is 0 Å². The monoisotopic (exact) mass is 272 g/mol. The molecule has 0 saturated carbocycles. The molecule has 1 N–H and O–H groups in total. The van der Waals surface area contributed by atoms with Gasteiger partial charge >= 0.3 is 6.36 Å². The first-order valence-corrected chi connectivity index (χ1v) is 5.85. The molecule has 0 atom stereocenters. The van der Waals surface area contributed by atoms with Crippen molar-refractivity contribution in [3.05, 3.63) is 30.0 Å². The number of likely N-dealkylation sites (N-methyl/N-ethyl adjacent to an activating group) is 1. The average molecular weight is 272 g/mol. The quantitative estimate of drug-likeness (QED) is 0.926. The predicted octanol–water partition coefficient (Wildman–Crippen LogP) is 3.17. The van der Waals surface area contributed by atoms with E-state index in [2.05, 4.69) is 9.72 Å². The van der Waals surface area contributed by atoms with Gasteiger partial charge in [-0.05, 0) is 44.3 Å². The van der Waals surface area contributed by atoms with Crippen molar-refractivity contribution in [2.24, 2.45) is 0 Å². The largest absolute Gasteiger partial charge is 0.573 e. The number of rotatable bonds is 4. The minimum Gasteiger partial charge on any atom is -0.406 e. The third-order valence-electron chi connectivity index (χ3n) is 2.80. The van der Waals surface area contributed by atoms with Crippen LogP contribution in [0.3, 0.4) is 0 Å². The van der Waals surface area contributed by atoms with E-state index in [4.69, 9.17) is 0 Å². The summed E-state index contributed by atoms with van der Waals surface area (Å²) in [6.45, 7) is 0.831. The number of benzene rings is 1. The topological polar surface area (TPSA) is 28.3 Å². The number of alkyl halides is 3. The van der Waals surface area contributed by atoms with Crippen LogP contribution in [0.5, 0.6) is 5.75 Å². The number of nitrogens with one attached hydrogen (secondary N) is 1. The Morgan fingerprint density at radius 3 is 2.63 bits per heavy atom. The highest BCUT2D eigenvalue weighted by Crippen LogP contribution is 2.28. The average Bonchev–Trinajstić information content (AvgIpc) is 2.66. The highest BCUT2D eigenvalue weighted by atomic mass is 19.4. The van der Waals surface area contributed by atoms with Crippen LogP contribution in [0.4, 0.5) is 13.2 Å². The van der Waals surface area contributed by atoms with Crippen molar-refractivity contribution >= 4 is 10.9 Å². The van der Waals surface area contributed by atoms with Crippen molar-refractivity contribution < 1.29 is 17.9 Å². The van der Waals surface area contributed by atoms with E-state index >= 15 is 0 Å². The van der Waals surface area contributed by atoms with Crippen molar-refractivity contribution in [1.29, 1.82) is 0 Å². The molecule has 0 saturated heterocycles. The summed E-state index contributed by atoms with van der Waals surface area (Å²) in [6, 6.07) is 4.32. The van der Waals surface area contributed by atoms with E-state index in [1.54, 1.807) is 6.07 Å². The van der Waals surface area contributed by atoms with Crippen LogP contribution in [-0.2, 0) is 6.42 Å². The maximum atomic E-state index is 12.2. The Balaban J connectivity index is 2.26. The van der Waals surface area contributed by atoms with Gasteiger partial charge in [0.2, 0.25) is 0 Å². The molecule has 104 valence electrons. The number of H-pyrrole nitrogens is 1. The maximum Gasteiger partial charge on any atom is 0.573 e. The van der Waals surface area contributed by atoms with E-state index in [0.29, 0.717) is 0 Å². The van der Waals surface area contributed by atoms with Crippen LogP contribution in [0, 0.1) is 0 Å². The standard InChI is InChI=1S/C13H15F3N2O/c1-18(2)6-5-9-8-17-12-4-3-10(7-11(9)12)19-13(14,15)16/h3-4,7-8,17H,5-6H2,1-2H3. The van der Waals surface area contributed by atoms with Gasteiger partial charge < -0.3 is 14.6 Å². The fourth-order valence-corrected chi connectivity index (χ4v) is 1.91. The molecule has 0 unspecified atom stereocenters. The van der Waals surface area contributed by atoms with Crippen molar-refractivity contribution in [3.63, 3.8) is 0 Å². The lowest BCUT2D eigenvalue weighted by atomic mass is 10.1. The highest BCUT2D eigenvalue weighted by Gasteiger charge is 2.31. The molecule has 2 aromatic rings. The van der Waals surface area contributed by atoms with Crippen molar-refractivity contribution in [3.8, 4) is 5.75 Å². The van der Waals surface area contributed by atoms with E-state index in [1.165, 1.54) is 12.1 Å². The third kappa shape index (κ3) is 3.64. The molecular formula is C13H15F3N2O. The molecule has 0 fully saturated rings. The van der Waals surface area contributed by atoms with Crippen LogP contribution in [0.2, 0.25) is 0 Å². The first-order valence-electron chi connectivity index (χ1n) is 5.85. The van der Waals surface area contributed by atoms with Crippen molar-refractivity contribution in [2.75, 3.05) is 20.6 Å². The van der Waals surface area contributed by atoms with Crippen LogP contribution in [0.25, 0.3) is 10.9 Å². The second kappa shape index (κ2) is 5.13. The molecule has 2 rings (SSSR count). The van der Waals surface area contributed by atoms with Crippen LogP contribution < -0.4 is 4.74 Å². The SMILES string of the molecule is CN(C)CCc1c[nH]c2ccc(OC(F)(F)F)cc12. The van der Waals surface area contributed by atoms with Gasteiger partial charge in [-0.15, -0.1) is 13.2 Å². The van der Waals surface area contributed by atoms with Crippen molar-refractivity contribution in [1.82, 2.24) is 9.88 Å². The molecule has 1 aromatic heterocycles. The van der Waals surface area contributed by atoms with Crippen molar-refractivity contribution in [2.45, 2.75) is 12.8 Å². The minimum absolute atomic E-state index is 0.189. The summed E-state index contributed by atoms with van der Waals surface area (Å²) in [7, 11) is 3.90. The van der Waals surface area contributed by atoms with Gasteiger partial charge in [-0.3, -0.25) is 0 Å². The molecule has 6 heteroatoms. The van der Waals surface area contributed by atoms with Crippen LogP contribution in [0.15, 0.2) is 24.4 Å². The van der Waals surface area contributed by atoms with Gasteiger partial charge in [0.25, 0.3) is 0 Å². The van der Waals surface area contributed by atoms with E-state index < -0.39 is 6.36 Å². The molecule has 0 spiro atoms. The number of aromatic nitrogens is 1. The zero-order chi connectivity index (χ0) is 14.0. The summed E-state index contributed by atoms with van der Waals surface area (Å²) in [5.74, 6) is -0.189. The van der Waals surface area contributed by atoms with E-state index in [9.17, 15) is 13.2 Å². The first-order chi connectivity index (χ1) is 8.85. The third-order valence-corrected chi connectivity index (χ3v) is 2.80. The molecule has 0 amide bonds. The maximum absolute atomic E-state index is 12.2. The molecule has 0 aliphatic carbocycles. The van der Waals surface area contributed by atoms with E-state index in [1.807, 2.05) is 25.2 Å². The Morgan fingerprint density at radius 2 is 2.00 bits per heavy atom. The molecule has 0 bridgehead atoms. The zero-order valence-corrected chi connectivity index (χ0v) is 10.7. The number of hydrogen-bond donors (Lipinski definition) is 1. The molecule has 0 aliphatic rings. The molecule has 1 heterocycles. The molecule has 19 heavy (non-hydrogen) atoms. The van der Waals surface area contributed by atoms with Gasteiger partial charge in [0.1, 0.15) is 5.75 Å². The Kier molecular flexibility index (Phi) is 3.71. The molecule has 0 radical (unpaired) electrons. The Labute approximate surface area is 109 Å². The Bertz CT molecular complexity index is 561. The predicted molar refractivity (Wildman–Crippen MR) is 67.2 cm³/mol. The highest BCUT2D eigenvalue weighted by molar-refractivity contribution is 5.84. The summed E-state index contributed by atoms with van der Waals surface area (Å²) in [5, 5.41) is 0.767. The van der Waals surface area contributed by atoms with E-state index in [0.717, 1.165) is 29.4 Å². The lowest BCUT2D eigenvalue weighted by molar-refractivity contribution is -0.274. The minimum atomic E-state index is -4.66. The molecule has 0 aliphatic heterocycles. The smallest absolute Gasteiger partial charge is 0.406 e. The van der Waals surface area contributed by atoms with Crippen LogP contribution in [-0.4, -0.2) is 36.9 Å². The number of ether oxygens (including phenoxy) is 1. The summed E-state index contributed by atoms with van der Waals surface area (Å²) >= 11 is 0. The van der Waals surface area contributed by atoms with Gasteiger partial charge in [0, 0.05) is 23.6 Å². The van der Waals surface area contributed by atoms with Gasteiger partial charge in [-0.2, -0.15) is 0 Å². The first kappa shape index (κ1) is 13.7. The fraction of sp³-hybridized carbons (Fsp3) is 0.385. The summed E-state index contributed by atoms with van der Waals surface area (Å²) in [4.78, 5) is 5.07. The summed E-state index contributed by atoms with van der Waals surface area (Å²) < 4.78 is 40.5. The number of hydrogen-bond acceptors (Lipinski definition) is 2. The lowest BCUT2D eigenvalue weighted by Crippen LogP contribution is -2.17. The number of halogens is 3. The lowest BCUT2D eigenvalue weighted by Gasteiger charge is -2.10. The van der Waals surface area contributed by atoms with E-state index in [-0.39, 0.29) is 5.75 Å². The van der Waals surface area contributed by atoms with Crippen LogP contribution >= 0.6 is 0 Å². The molecule has 3 nitrogen and oxygen atoms in total. The van der Waals surface area contributed by atoms with Gasteiger partial charge in [0.15, 0.2) is 0 Å². The molecular weight excluding hydrogens is 257 g/mol.